The molecule has 1 unspecified atom stereocenters. The number of rotatable bonds is 2. The second-order valence-corrected chi connectivity index (χ2v) is 6.50. The molecule has 13 heteroatoms. The topological polar surface area (TPSA) is 60.9 Å². The molecule has 0 saturated heterocycles. The Kier molecular flexibility index (Phi) is 4.81. The number of benzene rings is 1. The van der Waals surface area contributed by atoms with Crippen molar-refractivity contribution in [1.82, 2.24) is 9.78 Å². The molecule has 0 saturated carbocycles. The maximum Gasteiger partial charge on any atom is 0.476 e. The molecule has 1 heterocycles. The SMILES string of the molecule is Nc1c(S(=O)C(F)(F)F)cnn1-c1c(Cl)ccc(C(F)(F)F)c1Cl. The summed E-state index contributed by atoms with van der Waals surface area (Å²) < 4.78 is 88.0. The molecule has 132 valence electrons. The van der Waals surface area contributed by atoms with Crippen LogP contribution in [-0.4, -0.2) is 19.5 Å². The Morgan fingerprint density at radius 2 is 1.71 bits per heavy atom. The quantitative estimate of drug-likeness (QED) is 0.744. The molecule has 2 N–H and O–H groups in total. The number of hydrogen-bond acceptors (Lipinski definition) is 3. The van der Waals surface area contributed by atoms with E-state index in [9.17, 15) is 30.6 Å². The molecular formula is C11H5Cl2F6N3OS. The molecule has 0 spiro atoms. The summed E-state index contributed by atoms with van der Waals surface area (Å²) in [5, 5.41) is 2.18. The summed E-state index contributed by atoms with van der Waals surface area (Å²) in [5.41, 5.74) is -1.54. The highest BCUT2D eigenvalue weighted by Gasteiger charge is 2.41. The van der Waals surface area contributed by atoms with Crippen LogP contribution in [0.1, 0.15) is 5.56 Å². The van der Waals surface area contributed by atoms with E-state index in [0.29, 0.717) is 16.9 Å². The monoisotopic (exact) mass is 411 g/mol. The number of nitrogens with zero attached hydrogens (tertiary/aromatic N) is 2. The number of alkyl halides is 6. The summed E-state index contributed by atoms with van der Waals surface area (Å²) in [6, 6.07) is 1.44. The first kappa shape index (κ1) is 18.9. The molecule has 0 aliphatic rings. The Balaban J connectivity index is 2.67. The minimum absolute atomic E-state index is 0.341. The van der Waals surface area contributed by atoms with Crippen molar-refractivity contribution in [2.45, 2.75) is 16.6 Å². The summed E-state index contributed by atoms with van der Waals surface area (Å²) in [7, 11) is -3.52. The van der Waals surface area contributed by atoms with Crippen molar-refractivity contribution in [3.05, 3.63) is 33.9 Å². The number of anilines is 1. The third-order valence-corrected chi connectivity index (χ3v) is 4.59. The molecule has 0 bridgehead atoms. The lowest BCUT2D eigenvalue weighted by atomic mass is 10.2. The van der Waals surface area contributed by atoms with E-state index in [1.54, 1.807) is 0 Å². The molecule has 0 radical (unpaired) electrons. The smallest absolute Gasteiger partial charge is 0.383 e. The highest BCUT2D eigenvalue weighted by molar-refractivity contribution is 7.86. The van der Waals surface area contributed by atoms with Crippen molar-refractivity contribution in [3.8, 4) is 5.69 Å². The van der Waals surface area contributed by atoms with Crippen LogP contribution in [0.2, 0.25) is 10.0 Å². The van der Waals surface area contributed by atoms with E-state index >= 15 is 0 Å². The van der Waals surface area contributed by atoms with Crippen LogP contribution < -0.4 is 5.73 Å². The molecule has 1 aromatic heterocycles. The molecule has 1 aromatic carbocycles. The van der Waals surface area contributed by atoms with Gasteiger partial charge in [-0.05, 0) is 12.1 Å². The van der Waals surface area contributed by atoms with Crippen molar-refractivity contribution < 1.29 is 30.6 Å². The van der Waals surface area contributed by atoms with Crippen LogP contribution in [0.4, 0.5) is 32.2 Å². The van der Waals surface area contributed by atoms with Crippen LogP contribution in [0, 0.1) is 0 Å². The van der Waals surface area contributed by atoms with E-state index in [1.807, 2.05) is 0 Å². The van der Waals surface area contributed by atoms with Crippen LogP contribution in [0.15, 0.2) is 23.2 Å². The average molecular weight is 412 g/mol. The fourth-order valence-electron chi connectivity index (χ4n) is 1.74. The van der Waals surface area contributed by atoms with Crippen LogP contribution in [0.5, 0.6) is 0 Å². The first-order valence-electron chi connectivity index (χ1n) is 5.73. The van der Waals surface area contributed by atoms with E-state index in [2.05, 4.69) is 5.10 Å². The summed E-state index contributed by atoms with van der Waals surface area (Å²) in [5.74, 6) is -0.797. The third kappa shape index (κ3) is 3.33. The van der Waals surface area contributed by atoms with Crippen molar-refractivity contribution in [2.75, 3.05) is 5.73 Å². The second-order valence-electron chi connectivity index (χ2n) is 4.28. The number of hydrogen-bond donors (Lipinski definition) is 1. The van der Waals surface area contributed by atoms with E-state index < -0.39 is 49.5 Å². The molecule has 0 aliphatic heterocycles. The Bertz CT molecular complexity index is 817. The molecule has 0 amide bonds. The maximum atomic E-state index is 12.9. The largest absolute Gasteiger partial charge is 0.476 e. The van der Waals surface area contributed by atoms with Gasteiger partial charge in [0.15, 0.2) is 10.8 Å². The average Bonchev–Trinajstić information content (AvgIpc) is 2.77. The number of nitrogens with two attached hydrogens (primary N) is 1. The van der Waals surface area contributed by atoms with Crippen molar-refractivity contribution in [2.24, 2.45) is 0 Å². The minimum Gasteiger partial charge on any atom is -0.383 e. The first-order valence-corrected chi connectivity index (χ1v) is 7.64. The van der Waals surface area contributed by atoms with Gasteiger partial charge in [-0.3, -0.25) is 0 Å². The van der Waals surface area contributed by atoms with Gasteiger partial charge in [0.2, 0.25) is 0 Å². The molecule has 0 aliphatic carbocycles. The maximum absolute atomic E-state index is 12.9. The zero-order valence-electron chi connectivity index (χ0n) is 11.0. The van der Waals surface area contributed by atoms with Crippen LogP contribution in [-0.2, 0) is 17.0 Å². The van der Waals surface area contributed by atoms with Gasteiger partial charge >= 0.3 is 11.7 Å². The molecular weight excluding hydrogens is 407 g/mol. The lowest BCUT2D eigenvalue weighted by Crippen LogP contribution is -2.17. The molecule has 24 heavy (non-hydrogen) atoms. The molecule has 1 atom stereocenters. The van der Waals surface area contributed by atoms with Gasteiger partial charge < -0.3 is 5.73 Å². The van der Waals surface area contributed by atoms with Crippen LogP contribution in [0.25, 0.3) is 5.69 Å². The van der Waals surface area contributed by atoms with E-state index in [-0.39, 0.29) is 5.02 Å². The van der Waals surface area contributed by atoms with Gasteiger partial charge in [0, 0.05) is 0 Å². The minimum atomic E-state index is -5.12. The fourth-order valence-corrected chi connectivity index (χ4v) is 3.05. The van der Waals surface area contributed by atoms with E-state index in [0.717, 1.165) is 6.07 Å². The summed E-state index contributed by atoms with van der Waals surface area (Å²) >= 11 is 11.4. The summed E-state index contributed by atoms with van der Waals surface area (Å²) in [6.45, 7) is 0. The van der Waals surface area contributed by atoms with Gasteiger partial charge in [0.05, 0.1) is 21.8 Å². The van der Waals surface area contributed by atoms with Crippen molar-refractivity contribution in [1.29, 1.82) is 0 Å². The highest BCUT2D eigenvalue weighted by Crippen LogP contribution is 2.41. The van der Waals surface area contributed by atoms with Gasteiger partial charge in [-0.15, -0.1) is 0 Å². The zero-order chi connectivity index (χ0) is 18.4. The molecule has 0 fully saturated rings. The van der Waals surface area contributed by atoms with Gasteiger partial charge in [0.1, 0.15) is 16.4 Å². The fraction of sp³-hybridized carbons (Fsp3) is 0.182. The van der Waals surface area contributed by atoms with E-state index in [4.69, 9.17) is 28.9 Å². The lowest BCUT2D eigenvalue weighted by molar-refractivity contribution is -0.137. The van der Waals surface area contributed by atoms with Crippen LogP contribution >= 0.6 is 23.2 Å². The molecule has 4 nitrogen and oxygen atoms in total. The zero-order valence-corrected chi connectivity index (χ0v) is 13.4. The van der Waals surface area contributed by atoms with Gasteiger partial charge in [0.25, 0.3) is 0 Å². The first-order chi connectivity index (χ1) is 10.9. The van der Waals surface area contributed by atoms with Gasteiger partial charge in [-0.2, -0.15) is 31.4 Å². The number of aromatic nitrogens is 2. The molecule has 2 rings (SSSR count). The Morgan fingerprint density at radius 1 is 1.12 bits per heavy atom. The van der Waals surface area contributed by atoms with Gasteiger partial charge in [-0.25, -0.2) is 8.89 Å². The molecule has 2 aromatic rings. The number of nitrogen functional groups attached to an aromatic ring is 1. The normalized spacial score (nSPS) is 14.0. The summed E-state index contributed by atoms with van der Waals surface area (Å²) in [4.78, 5) is -0.924. The second kappa shape index (κ2) is 6.12. The van der Waals surface area contributed by atoms with Crippen molar-refractivity contribution >= 4 is 39.8 Å². The Labute approximate surface area is 142 Å². The predicted octanol–water partition coefficient (Wildman–Crippen LogP) is 4.41. The van der Waals surface area contributed by atoms with E-state index in [1.165, 1.54) is 0 Å². The Hall–Kier alpha value is -1.46. The Morgan fingerprint density at radius 3 is 2.21 bits per heavy atom. The highest BCUT2D eigenvalue weighted by atomic mass is 35.5. The van der Waals surface area contributed by atoms with Crippen LogP contribution in [0.3, 0.4) is 0 Å². The predicted molar refractivity (Wildman–Crippen MR) is 75.5 cm³/mol. The summed E-state index contributed by atoms with van der Waals surface area (Å²) in [6.07, 6.45) is -4.32. The van der Waals surface area contributed by atoms with Crippen molar-refractivity contribution in [3.63, 3.8) is 0 Å². The lowest BCUT2D eigenvalue weighted by Gasteiger charge is -2.15. The van der Waals surface area contributed by atoms with Gasteiger partial charge in [-0.1, -0.05) is 23.2 Å². The third-order valence-electron chi connectivity index (χ3n) is 2.77. The number of halogens is 8. The standard InChI is InChI=1S/C11H5Cl2F6N3OS/c12-5-2-1-4(10(14,15)16)7(13)8(5)22-9(20)6(3-21-22)24(23)11(17,18)19/h1-3H,20H2.